The van der Waals surface area contributed by atoms with Gasteiger partial charge in [-0.1, -0.05) is 0 Å². The number of hydrogen-bond donors (Lipinski definition) is 3. The van der Waals surface area contributed by atoms with Gasteiger partial charge in [0.1, 0.15) is 6.04 Å². The molecule has 1 aromatic rings. The summed E-state index contributed by atoms with van der Waals surface area (Å²) in [5.41, 5.74) is 2.62. The summed E-state index contributed by atoms with van der Waals surface area (Å²) in [6.45, 7) is 3.20. The minimum atomic E-state index is -0.338. The molecule has 2 atom stereocenters. The topological polar surface area (TPSA) is 79.5 Å². The first-order chi connectivity index (χ1) is 10.1. The Balaban J connectivity index is 1.70. The van der Waals surface area contributed by atoms with Crippen molar-refractivity contribution in [3.63, 3.8) is 0 Å². The maximum Gasteiger partial charge on any atom is 0.244 e. The Kier molecular flexibility index (Phi) is 3.90. The number of morpholine rings is 1. The van der Waals surface area contributed by atoms with Crippen molar-refractivity contribution in [1.82, 2.24) is 5.32 Å². The van der Waals surface area contributed by atoms with Gasteiger partial charge in [-0.25, -0.2) is 0 Å². The normalized spacial score (nSPS) is 24.9. The van der Waals surface area contributed by atoms with E-state index in [1.807, 2.05) is 19.1 Å². The van der Waals surface area contributed by atoms with E-state index in [1.54, 1.807) is 6.07 Å². The van der Waals surface area contributed by atoms with Gasteiger partial charge in [0.15, 0.2) is 0 Å². The maximum absolute atomic E-state index is 12.3. The number of ether oxygens (including phenoxy) is 1. The van der Waals surface area contributed by atoms with Crippen LogP contribution in [-0.2, 0) is 20.7 Å². The van der Waals surface area contributed by atoms with Gasteiger partial charge in [-0.2, -0.15) is 0 Å². The van der Waals surface area contributed by atoms with Crippen LogP contribution in [0, 0.1) is 0 Å². The third-order valence-electron chi connectivity index (χ3n) is 3.87. The van der Waals surface area contributed by atoms with Gasteiger partial charge in [0, 0.05) is 24.3 Å². The van der Waals surface area contributed by atoms with Crippen LogP contribution in [0.15, 0.2) is 18.2 Å². The molecule has 6 nitrogen and oxygen atoms in total. The Labute approximate surface area is 123 Å². The lowest BCUT2D eigenvalue weighted by molar-refractivity contribution is -0.123. The molecule has 1 aromatic carbocycles. The maximum atomic E-state index is 12.3. The second-order valence-electron chi connectivity index (χ2n) is 5.42. The summed E-state index contributed by atoms with van der Waals surface area (Å²) in [4.78, 5) is 23.6. The van der Waals surface area contributed by atoms with E-state index >= 15 is 0 Å². The third kappa shape index (κ3) is 3.06. The van der Waals surface area contributed by atoms with Gasteiger partial charge in [-0.3, -0.25) is 9.59 Å². The van der Waals surface area contributed by atoms with E-state index in [4.69, 9.17) is 4.74 Å². The molecule has 2 aliphatic rings. The summed E-state index contributed by atoms with van der Waals surface area (Å²) in [5, 5.41) is 8.90. The van der Waals surface area contributed by atoms with Crippen LogP contribution >= 0.6 is 0 Å². The first-order valence-electron chi connectivity index (χ1n) is 7.22. The summed E-state index contributed by atoms with van der Waals surface area (Å²) in [5.74, 6) is -0.0568. The molecule has 112 valence electrons. The highest BCUT2D eigenvalue weighted by Crippen LogP contribution is 2.25. The van der Waals surface area contributed by atoms with Gasteiger partial charge in [-0.05, 0) is 37.1 Å². The van der Waals surface area contributed by atoms with E-state index in [1.165, 1.54) is 0 Å². The van der Waals surface area contributed by atoms with Gasteiger partial charge in [0.05, 0.1) is 12.7 Å². The van der Waals surface area contributed by atoms with Gasteiger partial charge in [0.2, 0.25) is 11.8 Å². The van der Waals surface area contributed by atoms with Crippen LogP contribution in [0.3, 0.4) is 0 Å². The Morgan fingerprint density at radius 3 is 3.05 bits per heavy atom. The number of rotatable bonds is 2. The monoisotopic (exact) mass is 289 g/mol. The van der Waals surface area contributed by atoms with E-state index in [2.05, 4.69) is 16.0 Å². The zero-order chi connectivity index (χ0) is 14.8. The van der Waals surface area contributed by atoms with Crippen LogP contribution < -0.4 is 16.0 Å². The number of hydrogen-bond acceptors (Lipinski definition) is 4. The summed E-state index contributed by atoms with van der Waals surface area (Å²) < 4.78 is 5.48. The van der Waals surface area contributed by atoms with Crippen molar-refractivity contribution in [2.24, 2.45) is 0 Å². The van der Waals surface area contributed by atoms with Crippen LogP contribution in [0.25, 0.3) is 0 Å². The van der Waals surface area contributed by atoms with Crippen molar-refractivity contribution in [3.05, 3.63) is 23.8 Å². The lowest BCUT2D eigenvalue weighted by Crippen LogP contribution is -2.53. The Morgan fingerprint density at radius 2 is 2.24 bits per heavy atom. The molecule has 2 amide bonds. The van der Waals surface area contributed by atoms with E-state index in [0.29, 0.717) is 26.0 Å². The van der Waals surface area contributed by atoms with Crippen molar-refractivity contribution < 1.29 is 14.3 Å². The first-order valence-corrected chi connectivity index (χ1v) is 7.22. The lowest BCUT2D eigenvalue weighted by Gasteiger charge is -2.29. The summed E-state index contributed by atoms with van der Waals surface area (Å²) in [6.07, 6.45) is 1.04. The van der Waals surface area contributed by atoms with Gasteiger partial charge < -0.3 is 20.7 Å². The molecule has 1 saturated heterocycles. The Morgan fingerprint density at radius 1 is 1.38 bits per heavy atom. The Bertz CT molecular complexity index is 573. The summed E-state index contributed by atoms with van der Waals surface area (Å²) >= 11 is 0. The molecule has 0 unspecified atom stereocenters. The minimum absolute atomic E-state index is 0.0386. The average molecular weight is 289 g/mol. The first kappa shape index (κ1) is 14.0. The van der Waals surface area contributed by atoms with Crippen molar-refractivity contribution in [1.29, 1.82) is 0 Å². The molecule has 3 N–H and O–H groups in total. The SMILES string of the molecule is C[C@H]1OCCN[C@@H]1C(=O)Nc1ccc2c(c1)CCC(=O)N2. The van der Waals surface area contributed by atoms with E-state index < -0.39 is 0 Å². The largest absolute Gasteiger partial charge is 0.375 e. The molecule has 0 aromatic heterocycles. The average Bonchev–Trinajstić information content (AvgIpc) is 2.48. The van der Waals surface area contributed by atoms with Crippen LogP contribution in [-0.4, -0.2) is 37.1 Å². The van der Waals surface area contributed by atoms with Crippen LogP contribution in [0.4, 0.5) is 11.4 Å². The minimum Gasteiger partial charge on any atom is -0.375 e. The highest BCUT2D eigenvalue weighted by molar-refractivity contribution is 5.97. The zero-order valence-electron chi connectivity index (χ0n) is 11.9. The number of benzene rings is 1. The molecule has 2 heterocycles. The van der Waals surface area contributed by atoms with E-state index in [0.717, 1.165) is 16.9 Å². The highest BCUT2D eigenvalue weighted by Gasteiger charge is 2.28. The second kappa shape index (κ2) is 5.83. The van der Waals surface area contributed by atoms with Crippen molar-refractivity contribution in [2.45, 2.75) is 31.9 Å². The summed E-state index contributed by atoms with van der Waals surface area (Å²) in [7, 11) is 0. The number of fused-ring (bicyclic) bond motifs is 1. The summed E-state index contributed by atoms with van der Waals surface area (Å²) in [6, 6.07) is 5.21. The smallest absolute Gasteiger partial charge is 0.244 e. The Hall–Kier alpha value is -1.92. The molecular weight excluding hydrogens is 270 g/mol. The van der Waals surface area contributed by atoms with Crippen LogP contribution in [0.5, 0.6) is 0 Å². The third-order valence-corrected chi connectivity index (χ3v) is 3.87. The van der Waals surface area contributed by atoms with Crippen LogP contribution in [0.1, 0.15) is 18.9 Å². The predicted octanol–water partition coefficient (Wildman–Crippen LogP) is 0.887. The second-order valence-corrected chi connectivity index (χ2v) is 5.42. The quantitative estimate of drug-likeness (QED) is 0.755. The van der Waals surface area contributed by atoms with Gasteiger partial charge in [0.25, 0.3) is 0 Å². The molecule has 2 aliphatic heterocycles. The predicted molar refractivity (Wildman–Crippen MR) is 79.2 cm³/mol. The molecule has 0 saturated carbocycles. The fourth-order valence-corrected chi connectivity index (χ4v) is 2.71. The molecule has 1 fully saturated rings. The zero-order valence-corrected chi connectivity index (χ0v) is 11.9. The molecule has 0 bridgehead atoms. The van der Waals surface area contributed by atoms with Crippen molar-refractivity contribution >= 4 is 23.2 Å². The number of carbonyl (C=O) groups excluding carboxylic acids is 2. The fourth-order valence-electron chi connectivity index (χ4n) is 2.71. The molecule has 0 radical (unpaired) electrons. The number of amides is 2. The molecule has 0 aliphatic carbocycles. The number of carbonyl (C=O) groups is 2. The molecule has 6 heteroatoms. The van der Waals surface area contributed by atoms with Crippen LogP contribution in [0.2, 0.25) is 0 Å². The van der Waals surface area contributed by atoms with Gasteiger partial charge in [-0.15, -0.1) is 0 Å². The number of anilines is 2. The molecular formula is C15H19N3O3. The lowest BCUT2D eigenvalue weighted by atomic mass is 10.0. The van der Waals surface area contributed by atoms with E-state index in [-0.39, 0.29) is 24.0 Å². The van der Waals surface area contributed by atoms with Gasteiger partial charge >= 0.3 is 0 Å². The van der Waals surface area contributed by atoms with Crippen molar-refractivity contribution in [2.75, 3.05) is 23.8 Å². The molecule has 0 spiro atoms. The molecule has 21 heavy (non-hydrogen) atoms. The number of aryl methyl sites for hydroxylation is 1. The van der Waals surface area contributed by atoms with Crippen molar-refractivity contribution in [3.8, 4) is 0 Å². The standard InChI is InChI=1S/C15H19N3O3/c1-9-14(16-6-7-21-9)15(20)17-11-3-4-12-10(8-11)2-5-13(19)18-12/h3-4,8-9,14,16H,2,5-7H2,1H3,(H,17,20)(H,18,19)/t9-,14+/m1/s1. The fraction of sp³-hybridized carbons (Fsp3) is 0.467. The highest BCUT2D eigenvalue weighted by atomic mass is 16.5. The van der Waals surface area contributed by atoms with E-state index in [9.17, 15) is 9.59 Å². The number of nitrogens with one attached hydrogen (secondary N) is 3. The molecule has 3 rings (SSSR count).